The van der Waals surface area contributed by atoms with Crippen molar-refractivity contribution in [1.29, 1.82) is 0 Å². The molecule has 0 aromatic carbocycles. The first kappa shape index (κ1) is 13.8. The SMILES string of the molecule is [2H]C([2H])([2H])N1CCN(Cc2cc3c(nc2C(CO)OC)CCCC3)C(=O)C1. The fourth-order valence-corrected chi connectivity index (χ4v) is 3.46. The average molecular weight is 336 g/mol. The number of rotatable bonds is 5. The number of amides is 1. The Morgan fingerprint density at radius 3 is 2.96 bits per heavy atom. The Kier molecular flexibility index (Phi) is 4.35. The zero-order chi connectivity index (χ0) is 19.6. The number of hydrogen-bond acceptors (Lipinski definition) is 5. The van der Waals surface area contributed by atoms with E-state index in [0.717, 1.165) is 36.9 Å². The summed E-state index contributed by atoms with van der Waals surface area (Å²) in [5, 5.41) is 9.68. The van der Waals surface area contributed by atoms with Gasteiger partial charge in [-0.25, -0.2) is 0 Å². The van der Waals surface area contributed by atoms with Gasteiger partial charge in [0.25, 0.3) is 0 Å². The van der Waals surface area contributed by atoms with Gasteiger partial charge >= 0.3 is 0 Å². The summed E-state index contributed by atoms with van der Waals surface area (Å²) >= 11 is 0. The Balaban J connectivity index is 1.84. The zero-order valence-corrected chi connectivity index (χ0v) is 14.1. The highest BCUT2D eigenvalue weighted by Gasteiger charge is 2.26. The minimum absolute atomic E-state index is 0.113. The molecular weight excluding hydrogens is 306 g/mol. The van der Waals surface area contributed by atoms with Crippen LogP contribution in [0, 0.1) is 0 Å². The molecule has 1 fully saturated rings. The van der Waals surface area contributed by atoms with Crippen LogP contribution in [0.4, 0.5) is 0 Å². The van der Waals surface area contributed by atoms with E-state index in [2.05, 4.69) is 6.07 Å². The van der Waals surface area contributed by atoms with E-state index in [9.17, 15) is 9.90 Å². The Bertz CT molecular complexity index is 692. The standard InChI is InChI=1S/C18H27N3O3/c1-20-7-8-21(17(23)11-20)10-14-9-13-5-3-4-6-15(13)19-18(14)16(12-22)24-2/h9,16,22H,3-8,10-12H2,1-2H3/i1D3. The van der Waals surface area contributed by atoms with Crippen LogP contribution >= 0.6 is 0 Å². The lowest BCUT2D eigenvalue weighted by Gasteiger charge is -2.33. The molecule has 2 aliphatic rings. The van der Waals surface area contributed by atoms with Crippen molar-refractivity contribution < 1.29 is 18.8 Å². The number of hydrogen-bond donors (Lipinski definition) is 1. The summed E-state index contributed by atoms with van der Waals surface area (Å²) in [4.78, 5) is 20.2. The Hall–Kier alpha value is -1.50. The average Bonchev–Trinajstić information content (AvgIpc) is 2.63. The molecule has 0 saturated carbocycles. The molecule has 0 spiro atoms. The normalized spacial score (nSPS) is 22.5. The molecular formula is C18H27N3O3. The number of pyridine rings is 1. The van der Waals surface area contributed by atoms with Gasteiger partial charge in [0, 0.05) is 36.6 Å². The molecule has 0 radical (unpaired) electrons. The number of likely N-dealkylation sites (N-methyl/N-ethyl adjacent to an activating group) is 1. The molecule has 0 bridgehead atoms. The van der Waals surface area contributed by atoms with Crippen LogP contribution < -0.4 is 0 Å². The predicted molar refractivity (Wildman–Crippen MR) is 90.6 cm³/mol. The lowest BCUT2D eigenvalue weighted by Crippen LogP contribution is -2.48. The first-order chi connectivity index (χ1) is 12.8. The van der Waals surface area contributed by atoms with Gasteiger partial charge in [-0.1, -0.05) is 6.07 Å². The number of carbonyl (C=O) groups is 1. The van der Waals surface area contributed by atoms with Gasteiger partial charge < -0.3 is 14.7 Å². The van der Waals surface area contributed by atoms with Gasteiger partial charge in [0.1, 0.15) is 6.10 Å². The number of piperazine rings is 1. The van der Waals surface area contributed by atoms with Gasteiger partial charge in [0.2, 0.25) is 5.91 Å². The van der Waals surface area contributed by atoms with Gasteiger partial charge in [-0.2, -0.15) is 0 Å². The van der Waals surface area contributed by atoms with E-state index in [1.165, 1.54) is 17.6 Å². The van der Waals surface area contributed by atoms with Gasteiger partial charge in [-0.15, -0.1) is 0 Å². The molecule has 132 valence electrons. The lowest BCUT2D eigenvalue weighted by atomic mass is 9.93. The molecule has 1 atom stereocenters. The third-order valence-electron chi connectivity index (χ3n) is 4.85. The first-order valence-corrected chi connectivity index (χ1v) is 8.51. The molecule has 1 aromatic rings. The largest absolute Gasteiger partial charge is 0.393 e. The molecule has 3 rings (SSSR count). The number of fused-ring (bicyclic) bond motifs is 1. The monoisotopic (exact) mass is 336 g/mol. The van der Waals surface area contributed by atoms with Crippen LogP contribution in [0.5, 0.6) is 0 Å². The van der Waals surface area contributed by atoms with Crippen molar-refractivity contribution in [3.8, 4) is 0 Å². The minimum Gasteiger partial charge on any atom is -0.393 e. The van der Waals surface area contributed by atoms with Crippen molar-refractivity contribution in [2.45, 2.75) is 38.3 Å². The highest BCUT2D eigenvalue weighted by atomic mass is 16.5. The predicted octanol–water partition coefficient (Wildman–Crippen LogP) is 0.914. The zero-order valence-electron chi connectivity index (χ0n) is 17.1. The summed E-state index contributed by atoms with van der Waals surface area (Å²) in [6.45, 7) is -1.54. The number of aryl methyl sites for hydroxylation is 2. The van der Waals surface area contributed by atoms with Crippen LogP contribution in [0.1, 0.15) is 45.6 Å². The topological polar surface area (TPSA) is 65.9 Å². The third kappa shape index (κ3) is 3.61. The van der Waals surface area contributed by atoms with Crippen molar-refractivity contribution >= 4 is 5.91 Å². The van der Waals surface area contributed by atoms with Gasteiger partial charge in [0.05, 0.1) is 18.8 Å². The van der Waals surface area contributed by atoms with Crippen LogP contribution in [0.25, 0.3) is 0 Å². The van der Waals surface area contributed by atoms with E-state index >= 15 is 0 Å². The highest BCUT2D eigenvalue weighted by molar-refractivity contribution is 5.79. The summed E-state index contributed by atoms with van der Waals surface area (Å²) in [5.41, 5.74) is 3.79. The number of methoxy groups -OCH3 is 1. The fraction of sp³-hybridized carbons (Fsp3) is 0.667. The fourth-order valence-electron chi connectivity index (χ4n) is 3.46. The van der Waals surface area contributed by atoms with Crippen molar-refractivity contribution in [1.82, 2.24) is 14.8 Å². The molecule has 6 nitrogen and oxygen atoms in total. The molecule has 1 aliphatic heterocycles. The number of nitrogens with zero attached hydrogens (tertiary/aromatic N) is 3. The summed E-state index contributed by atoms with van der Waals surface area (Å²) in [6, 6.07) is 2.09. The second kappa shape index (κ2) is 7.59. The highest BCUT2D eigenvalue weighted by Crippen LogP contribution is 2.27. The summed E-state index contributed by atoms with van der Waals surface area (Å²) < 4.78 is 27.8. The molecule has 24 heavy (non-hydrogen) atoms. The molecule has 1 amide bonds. The molecule has 1 saturated heterocycles. The van der Waals surface area contributed by atoms with Crippen LogP contribution in [0.15, 0.2) is 6.07 Å². The van der Waals surface area contributed by atoms with Gasteiger partial charge in [-0.05, 0) is 43.8 Å². The smallest absolute Gasteiger partial charge is 0.237 e. The molecule has 1 N–H and O–H groups in total. The second-order valence-corrected chi connectivity index (χ2v) is 6.49. The molecule has 1 aliphatic carbocycles. The Morgan fingerprint density at radius 1 is 1.42 bits per heavy atom. The first-order valence-electron chi connectivity index (χ1n) is 10.0. The van der Waals surface area contributed by atoms with E-state index in [1.807, 2.05) is 0 Å². The number of aliphatic hydroxyl groups excluding tert-OH is 1. The number of carbonyl (C=O) groups excluding carboxylic acids is 1. The number of aliphatic hydroxyl groups is 1. The van der Waals surface area contributed by atoms with E-state index in [4.69, 9.17) is 13.8 Å². The quantitative estimate of drug-likeness (QED) is 0.866. The maximum atomic E-state index is 12.5. The van der Waals surface area contributed by atoms with Crippen LogP contribution in [0.2, 0.25) is 0 Å². The van der Waals surface area contributed by atoms with Crippen LogP contribution in [0.3, 0.4) is 0 Å². The molecule has 1 unspecified atom stereocenters. The molecule has 6 heteroatoms. The van der Waals surface area contributed by atoms with Gasteiger partial charge in [-0.3, -0.25) is 14.7 Å². The summed E-state index contributed by atoms with van der Waals surface area (Å²) in [6.07, 6.45) is 3.57. The molecule has 1 aromatic heterocycles. The van der Waals surface area contributed by atoms with Crippen LogP contribution in [-0.2, 0) is 28.9 Å². The molecule has 2 heterocycles. The Morgan fingerprint density at radius 2 is 2.25 bits per heavy atom. The second-order valence-electron chi connectivity index (χ2n) is 6.49. The lowest BCUT2D eigenvalue weighted by molar-refractivity contribution is -0.136. The summed E-state index contributed by atoms with van der Waals surface area (Å²) in [5.74, 6) is -0.209. The van der Waals surface area contributed by atoms with E-state index in [-0.39, 0.29) is 19.1 Å². The minimum atomic E-state index is -2.25. The van der Waals surface area contributed by atoms with Crippen molar-refractivity contribution in [3.63, 3.8) is 0 Å². The Labute approximate surface area is 147 Å². The van der Waals surface area contributed by atoms with Crippen molar-refractivity contribution in [2.24, 2.45) is 0 Å². The maximum Gasteiger partial charge on any atom is 0.237 e. The maximum absolute atomic E-state index is 12.5. The number of aromatic nitrogens is 1. The van der Waals surface area contributed by atoms with E-state index in [1.54, 1.807) is 4.90 Å². The van der Waals surface area contributed by atoms with Crippen molar-refractivity contribution in [3.05, 3.63) is 28.6 Å². The van der Waals surface area contributed by atoms with Gasteiger partial charge in [0.15, 0.2) is 0 Å². The van der Waals surface area contributed by atoms with E-state index in [0.29, 0.717) is 25.3 Å². The van der Waals surface area contributed by atoms with Crippen LogP contribution in [-0.4, -0.2) is 66.1 Å². The number of ether oxygens (including phenoxy) is 1. The summed E-state index contributed by atoms with van der Waals surface area (Å²) in [7, 11) is 1.53. The third-order valence-corrected chi connectivity index (χ3v) is 4.85. The van der Waals surface area contributed by atoms with E-state index < -0.39 is 13.1 Å². The van der Waals surface area contributed by atoms with Crippen molar-refractivity contribution in [2.75, 3.05) is 40.3 Å².